The second-order valence-corrected chi connectivity index (χ2v) is 4.52. The van der Waals surface area contributed by atoms with Crippen LogP contribution in [0.5, 0.6) is 0 Å². The van der Waals surface area contributed by atoms with E-state index in [1.54, 1.807) is 0 Å². The molecule has 11 heavy (non-hydrogen) atoms. The normalized spacial score (nSPS) is 10.9. The van der Waals surface area contributed by atoms with Crippen molar-refractivity contribution in [2.75, 3.05) is 24.6 Å². The fraction of sp³-hybridized carbons (Fsp3) is 1.00. The first-order chi connectivity index (χ1) is 5.27. The van der Waals surface area contributed by atoms with E-state index < -0.39 is 0 Å². The molecule has 2 heteroatoms. The molecule has 0 aromatic carbocycles. The highest BCUT2D eigenvalue weighted by molar-refractivity contribution is 7.99. The van der Waals surface area contributed by atoms with Crippen LogP contribution in [0.4, 0.5) is 0 Å². The predicted molar refractivity (Wildman–Crippen MR) is 55.3 cm³/mol. The lowest BCUT2D eigenvalue weighted by atomic mass is 10.1. The van der Waals surface area contributed by atoms with E-state index in [0.29, 0.717) is 0 Å². The zero-order valence-corrected chi connectivity index (χ0v) is 8.84. The lowest BCUT2D eigenvalue weighted by Crippen LogP contribution is -2.19. The number of thioether (sulfide) groups is 1. The smallest absolute Gasteiger partial charge is 0.00579 e. The Balaban J connectivity index is 2.80. The molecule has 0 radical (unpaired) electrons. The van der Waals surface area contributed by atoms with Gasteiger partial charge in [-0.15, -0.1) is 0 Å². The molecule has 0 aliphatic carbocycles. The van der Waals surface area contributed by atoms with Gasteiger partial charge in [-0.2, -0.15) is 11.8 Å². The topological polar surface area (TPSA) is 12.0 Å². The van der Waals surface area contributed by atoms with Gasteiger partial charge in [-0.1, -0.05) is 20.8 Å². The third kappa shape index (κ3) is 10.3. The molecule has 0 saturated heterocycles. The van der Waals surface area contributed by atoms with Gasteiger partial charge in [0.05, 0.1) is 0 Å². The molecule has 0 saturated carbocycles. The highest BCUT2D eigenvalue weighted by atomic mass is 32.2. The van der Waals surface area contributed by atoms with Crippen LogP contribution in [0.25, 0.3) is 0 Å². The monoisotopic (exact) mass is 175 g/mol. The van der Waals surface area contributed by atoms with Gasteiger partial charge in [0.1, 0.15) is 0 Å². The van der Waals surface area contributed by atoms with Crippen molar-refractivity contribution in [3.63, 3.8) is 0 Å². The molecule has 0 fully saturated rings. The Hall–Kier alpha value is 0.310. The van der Waals surface area contributed by atoms with Crippen molar-refractivity contribution in [1.29, 1.82) is 0 Å². The Labute approximate surface area is 75.3 Å². The van der Waals surface area contributed by atoms with E-state index in [9.17, 15) is 0 Å². The van der Waals surface area contributed by atoms with Gasteiger partial charge in [-0.3, -0.25) is 0 Å². The first kappa shape index (κ1) is 11.3. The van der Waals surface area contributed by atoms with Crippen LogP contribution in [-0.4, -0.2) is 24.6 Å². The zero-order valence-electron chi connectivity index (χ0n) is 8.02. The van der Waals surface area contributed by atoms with Crippen molar-refractivity contribution in [3.05, 3.63) is 0 Å². The molecule has 0 amide bonds. The Morgan fingerprint density at radius 2 is 2.00 bits per heavy atom. The van der Waals surface area contributed by atoms with E-state index in [4.69, 9.17) is 0 Å². The maximum Gasteiger partial charge on any atom is 0.00579 e. The summed E-state index contributed by atoms with van der Waals surface area (Å²) in [5.41, 5.74) is 0. The van der Waals surface area contributed by atoms with Crippen LogP contribution in [0.3, 0.4) is 0 Å². The fourth-order valence-corrected chi connectivity index (χ4v) is 1.38. The molecule has 1 nitrogen and oxygen atoms in total. The van der Waals surface area contributed by atoms with E-state index in [1.807, 2.05) is 11.8 Å². The summed E-state index contributed by atoms with van der Waals surface area (Å²) in [6.45, 7) is 9.09. The third-order valence-electron chi connectivity index (χ3n) is 1.53. The standard InChI is InChI=1S/C9H21NS/c1-4-11-8-7-10-6-5-9(2)3/h9-10H,4-8H2,1-3H3. The molecule has 1 N–H and O–H groups in total. The maximum absolute atomic E-state index is 3.43. The fourth-order valence-electron chi connectivity index (χ4n) is 0.804. The summed E-state index contributed by atoms with van der Waals surface area (Å²) in [6.07, 6.45) is 1.30. The van der Waals surface area contributed by atoms with E-state index in [0.717, 1.165) is 5.92 Å². The minimum absolute atomic E-state index is 0.835. The molecule has 0 bridgehead atoms. The van der Waals surface area contributed by atoms with Crippen molar-refractivity contribution in [1.82, 2.24) is 5.32 Å². The van der Waals surface area contributed by atoms with E-state index in [1.165, 1.54) is 31.0 Å². The first-order valence-electron chi connectivity index (χ1n) is 4.55. The van der Waals surface area contributed by atoms with Crippen LogP contribution < -0.4 is 5.32 Å². The summed E-state index contributed by atoms with van der Waals surface area (Å²) in [6, 6.07) is 0. The summed E-state index contributed by atoms with van der Waals surface area (Å²) >= 11 is 2.00. The van der Waals surface area contributed by atoms with Gasteiger partial charge in [0.2, 0.25) is 0 Å². The van der Waals surface area contributed by atoms with Crippen molar-refractivity contribution >= 4 is 11.8 Å². The molecular weight excluding hydrogens is 154 g/mol. The van der Waals surface area contributed by atoms with E-state index in [2.05, 4.69) is 26.1 Å². The van der Waals surface area contributed by atoms with Crippen LogP contribution >= 0.6 is 11.8 Å². The summed E-state index contributed by atoms with van der Waals surface area (Å²) in [5.74, 6) is 3.34. The molecule has 0 heterocycles. The Kier molecular flexibility index (Phi) is 8.64. The number of hydrogen-bond donors (Lipinski definition) is 1. The number of hydrogen-bond acceptors (Lipinski definition) is 2. The van der Waals surface area contributed by atoms with Gasteiger partial charge in [0, 0.05) is 12.3 Å². The second kappa shape index (κ2) is 8.41. The molecule has 0 unspecified atom stereocenters. The number of nitrogens with one attached hydrogen (secondary N) is 1. The number of rotatable bonds is 7. The lowest BCUT2D eigenvalue weighted by Gasteiger charge is -2.05. The molecule has 0 aliphatic rings. The van der Waals surface area contributed by atoms with Crippen molar-refractivity contribution in [2.24, 2.45) is 5.92 Å². The SMILES string of the molecule is CCSCCNCCC(C)C. The van der Waals surface area contributed by atoms with E-state index >= 15 is 0 Å². The first-order valence-corrected chi connectivity index (χ1v) is 5.71. The highest BCUT2D eigenvalue weighted by Gasteiger charge is 1.92. The lowest BCUT2D eigenvalue weighted by molar-refractivity contribution is 0.547. The van der Waals surface area contributed by atoms with Gasteiger partial charge >= 0.3 is 0 Å². The Morgan fingerprint density at radius 1 is 1.27 bits per heavy atom. The molecule has 0 rings (SSSR count). The van der Waals surface area contributed by atoms with E-state index in [-0.39, 0.29) is 0 Å². The van der Waals surface area contributed by atoms with Crippen molar-refractivity contribution in [2.45, 2.75) is 27.2 Å². The maximum atomic E-state index is 3.43. The summed E-state index contributed by atoms with van der Waals surface area (Å²) < 4.78 is 0. The van der Waals surface area contributed by atoms with Gasteiger partial charge in [0.15, 0.2) is 0 Å². The van der Waals surface area contributed by atoms with Gasteiger partial charge in [0.25, 0.3) is 0 Å². The molecule has 0 aromatic rings. The molecule has 68 valence electrons. The van der Waals surface area contributed by atoms with Crippen LogP contribution in [0, 0.1) is 5.92 Å². The Bertz CT molecular complexity index is 74.0. The predicted octanol–water partition coefficient (Wildman–Crippen LogP) is 2.38. The Morgan fingerprint density at radius 3 is 2.55 bits per heavy atom. The molecule has 0 spiro atoms. The molecule has 0 aliphatic heterocycles. The van der Waals surface area contributed by atoms with Crippen molar-refractivity contribution in [3.8, 4) is 0 Å². The van der Waals surface area contributed by atoms with Crippen molar-refractivity contribution < 1.29 is 0 Å². The molecular formula is C9H21NS. The molecule has 0 atom stereocenters. The third-order valence-corrected chi connectivity index (χ3v) is 2.43. The molecule has 0 aromatic heterocycles. The minimum Gasteiger partial charge on any atom is -0.316 e. The highest BCUT2D eigenvalue weighted by Crippen LogP contribution is 1.97. The summed E-state index contributed by atoms with van der Waals surface area (Å²) in [5, 5.41) is 3.43. The largest absolute Gasteiger partial charge is 0.316 e. The van der Waals surface area contributed by atoms with Gasteiger partial charge in [-0.05, 0) is 24.6 Å². The van der Waals surface area contributed by atoms with Crippen LogP contribution in [-0.2, 0) is 0 Å². The summed E-state index contributed by atoms with van der Waals surface area (Å²) in [4.78, 5) is 0. The zero-order chi connectivity index (χ0) is 8.53. The van der Waals surface area contributed by atoms with Gasteiger partial charge < -0.3 is 5.32 Å². The van der Waals surface area contributed by atoms with Crippen LogP contribution in [0.2, 0.25) is 0 Å². The van der Waals surface area contributed by atoms with Crippen LogP contribution in [0.1, 0.15) is 27.2 Å². The van der Waals surface area contributed by atoms with Gasteiger partial charge in [-0.25, -0.2) is 0 Å². The summed E-state index contributed by atoms with van der Waals surface area (Å²) in [7, 11) is 0. The quantitative estimate of drug-likeness (QED) is 0.596. The average Bonchev–Trinajstić information content (AvgIpc) is 1.96. The van der Waals surface area contributed by atoms with Crippen LogP contribution in [0.15, 0.2) is 0 Å². The second-order valence-electron chi connectivity index (χ2n) is 3.13. The average molecular weight is 175 g/mol. The minimum atomic E-state index is 0.835.